The van der Waals surface area contributed by atoms with Gasteiger partial charge in [-0.1, -0.05) is 6.92 Å². The Morgan fingerprint density at radius 1 is 1.36 bits per heavy atom. The Hall–Kier alpha value is 0.170. The number of nitrogens with one attached hydrogen (secondary N) is 1. The maximum Gasteiger partial charge on any atom is 0.249 e. The van der Waals surface area contributed by atoms with Crippen molar-refractivity contribution in [1.29, 1.82) is 0 Å². The van der Waals surface area contributed by atoms with Crippen LogP contribution in [0.4, 0.5) is 8.78 Å². The summed E-state index contributed by atoms with van der Waals surface area (Å²) in [5.41, 5.74) is 0. The van der Waals surface area contributed by atoms with Crippen LogP contribution in [-0.4, -0.2) is 29.5 Å². The Morgan fingerprint density at radius 3 is 2.64 bits per heavy atom. The summed E-state index contributed by atoms with van der Waals surface area (Å²) in [5.74, 6) is 0.477. The Labute approximate surface area is 88.0 Å². The average molecular weight is 221 g/mol. The minimum atomic E-state index is -2.41. The molecule has 1 N–H and O–H groups in total. The van der Waals surface area contributed by atoms with Crippen LogP contribution in [-0.2, 0) is 0 Å². The van der Waals surface area contributed by atoms with Gasteiger partial charge in [0.25, 0.3) is 0 Å². The van der Waals surface area contributed by atoms with Gasteiger partial charge in [0.2, 0.25) is 5.92 Å². The molecule has 1 saturated carbocycles. The molecule has 0 radical (unpaired) electrons. The van der Waals surface area contributed by atoms with Gasteiger partial charge in [0.1, 0.15) is 0 Å². The summed E-state index contributed by atoms with van der Waals surface area (Å²) in [7, 11) is 0. The molecule has 1 nitrogen and oxygen atoms in total. The quantitative estimate of drug-likeness (QED) is 0.769. The van der Waals surface area contributed by atoms with Crippen LogP contribution in [0, 0.1) is 5.92 Å². The Balaban J connectivity index is 1.81. The third-order valence-corrected chi connectivity index (χ3v) is 4.57. The largest absolute Gasteiger partial charge is 0.310 e. The monoisotopic (exact) mass is 221 g/mol. The molecule has 1 aliphatic carbocycles. The van der Waals surface area contributed by atoms with E-state index in [0.717, 1.165) is 5.75 Å². The minimum absolute atomic E-state index is 0.0425. The van der Waals surface area contributed by atoms with Crippen LogP contribution in [0.25, 0.3) is 0 Å². The van der Waals surface area contributed by atoms with Crippen molar-refractivity contribution in [2.75, 3.05) is 11.5 Å². The normalized spacial score (nSPS) is 41.8. The number of hydrogen-bond donors (Lipinski definition) is 1. The predicted molar refractivity (Wildman–Crippen MR) is 56.0 cm³/mol. The first-order chi connectivity index (χ1) is 6.57. The number of halogens is 2. The average Bonchev–Trinajstić information content (AvgIpc) is 2.61. The number of rotatable bonds is 2. The first-order valence-electron chi connectivity index (χ1n) is 5.28. The summed E-state index contributed by atoms with van der Waals surface area (Å²) in [6.45, 7) is 2.20. The molecular weight excluding hydrogens is 204 g/mol. The molecule has 0 aromatic heterocycles. The van der Waals surface area contributed by atoms with Crippen LogP contribution >= 0.6 is 11.8 Å². The highest BCUT2D eigenvalue weighted by molar-refractivity contribution is 7.99. The van der Waals surface area contributed by atoms with Crippen molar-refractivity contribution in [1.82, 2.24) is 5.32 Å². The fourth-order valence-electron chi connectivity index (χ4n) is 2.27. The number of thioether (sulfide) groups is 1. The standard InChI is InChI=1S/C10H17F2NS/c1-7-5-14-6-9(7)13-8-2-3-10(11,12)4-8/h7-9,13H,2-6H2,1H3. The van der Waals surface area contributed by atoms with Gasteiger partial charge in [-0.15, -0.1) is 0 Å². The SMILES string of the molecule is CC1CSCC1NC1CCC(F)(F)C1. The van der Waals surface area contributed by atoms with E-state index in [1.165, 1.54) is 5.75 Å². The van der Waals surface area contributed by atoms with E-state index in [4.69, 9.17) is 0 Å². The molecule has 1 saturated heterocycles. The van der Waals surface area contributed by atoms with E-state index in [1.807, 2.05) is 11.8 Å². The van der Waals surface area contributed by atoms with Gasteiger partial charge in [0.15, 0.2) is 0 Å². The third-order valence-electron chi connectivity index (χ3n) is 3.22. The smallest absolute Gasteiger partial charge is 0.249 e. The highest BCUT2D eigenvalue weighted by Gasteiger charge is 2.40. The summed E-state index contributed by atoms with van der Waals surface area (Å²) < 4.78 is 25.8. The van der Waals surface area contributed by atoms with Crippen LogP contribution in [0.2, 0.25) is 0 Å². The molecule has 2 rings (SSSR count). The fourth-order valence-corrected chi connectivity index (χ4v) is 3.69. The summed E-state index contributed by atoms with van der Waals surface area (Å²) in [5, 5.41) is 3.38. The molecule has 0 amide bonds. The minimum Gasteiger partial charge on any atom is -0.310 e. The van der Waals surface area contributed by atoms with Gasteiger partial charge in [0.05, 0.1) is 0 Å². The summed E-state index contributed by atoms with van der Waals surface area (Å²) in [6.07, 6.45) is 0.751. The zero-order valence-electron chi connectivity index (χ0n) is 8.43. The molecule has 0 spiro atoms. The lowest BCUT2D eigenvalue weighted by atomic mass is 10.1. The summed E-state index contributed by atoms with van der Waals surface area (Å²) in [4.78, 5) is 0. The molecule has 14 heavy (non-hydrogen) atoms. The lowest BCUT2D eigenvalue weighted by Crippen LogP contribution is -2.41. The van der Waals surface area contributed by atoms with Gasteiger partial charge in [-0.2, -0.15) is 11.8 Å². The fraction of sp³-hybridized carbons (Fsp3) is 1.00. The van der Waals surface area contributed by atoms with Gasteiger partial charge in [-0.25, -0.2) is 8.78 Å². The topological polar surface area (TPSA) is 12.0 Å². The van der Waals surface area contributed by atoms with Gasteiger partial charge < -0.3 is 5.32 Å². The lowest BCUT2D eigenvalue weighted by molar-refractivity contribution is 0.00653. The summed E-state index contributed by atoms with van der Waals surface area (Å²) in [6, 6.07) is 0.509. The second-order valence-corrected chi connectivity index (χ2v) is 5.66. The molecule has 1 aliphatic heterocycles. The Bertz CT molecular complexity index is 210. The Morgan fingerprint density at radius 2 is 2.14 bits per heavy atom. The van der Waals surface area contributed by atoms with Crippen molar-refractivity contribution in [2.24, 2.45) is 5.92 Å². The van der Waals surface area contributed by atoms with Crippen molar-refractivity contribution in [3.8, 4) is 0 Å². The lowest BCUT2D eigenvalue weighted by Gasteiger charge is -2.21. The van der Waals surface area contributed by atoms with E-state index in [1.54, 1.807) is 0 Å². The molecule has 4 heteroatoms. The second-order valence-electron chi connectivity index (χ2n) is 4.58. The molecule has 0 aromatic rings. The van der Waals surface area contributed by atoms with Crippen LogP contribution in [0.1, 0.15) is 26.2 Å². The zero-order chi connectivity index (χ0) is 10.2. The van der Waals surface area contributed by atoms with E-state index < -0.39 is 5.92 Å². The molecule has 3 unspecified atom stereocenters. The van der Waals surface area contributed by atoms with Crippen LogP contribution in [0.15, 0.2) is 0 Å². The van der Waals surface area contributed by atoms with E-state index in [2.05, 4.69) is 12.2 Å². The molecule has 82 valence electrons. The van der Waals surface area contributed by atoms with Crippen molar-refractivity contribution in [3.05, 3.63) is 0 Å². The van der Waals surface area contributed by atoms with Crippen molar-refractivity contribution >= 4 is 11.8 Å². The Kier molecular flexibility index (Phi) is 3.03. The van der Waals surface area contributed by atoms with Gasteiger partial charge in [-0.05, 0) is 18.1 Å². The highest BCUT2D eigenvalue weighted by atomic mass is 32.2. The second kappa shape index (κ2) is 3.97. The first-order valence-corrected chi connectivity index (χ1v) is 6.44. The third kappa shape index (κ3) is 2.40. The van der Waals surface area contributed by atoms with Crippen LogP contribution in [0.5, 0.6) is 0 Å². The first kappa shape index (κ1) is 10.7. The van der Waals surface area contributed by atoms with E-state index in [-0.39, 0.29) is 18.9 Å². The van der Waals surface area contributed by atoms with E-state index >= 15 is 0 Å². The maximum absolute atomic E-state index is 12.9. The molecular formula is C10H17F2NS. The van der Waals surface area contributed by atoms with Crippen LogP contribution in [0.3, 0.4) is 0 Å². The van der Waals surface area contributed by atoms with Crippen molar-refractivity contribution < 1.29 is 8.78 Å². The molecule has 0 bridgehead atoms. The van der Waals surface area contributed by atoms with Crippen molar-refractivity contribution in [3.63, 3.8) is 0 Å². The maximum atomic E-state index is 12.9. The van der Waals surface area contributed by atoms with Crippen molar-refractivity contribution in [2.45, 2.75) is 44.2 Å². The number of hydrogen-bond acceptors (Lipinski definition) is 2. The molecule has 3 atom stereocenters. The number of alkyl halides is 2. The van der Waals surface area contributed by atoms with Crippen LogP contribution < -0.4 is 5.32 Å². The molecule has 2 fully saturated rings. The predicted octanol–water partition coefficient (Wildman–Crippen LogP) is 2.52. The molecule has 2 aliphatic rings. The van der Waals surface area contributed by atoms with Gasteiger partial charge in [-0.3, -0.25) is 0 Å². The molecule has 1 heterocycles. The summed E-state index contributed by atoms with van der Waals surface area (Å²) >= 11 is 1.92. The van der Waals surface area contributed by atoms with E-state index in [0.29, 0.717) is 18.4 Å². The highest BCUT2D eigenvalue weighted by Crippen LogP contribution is 2.36. The zero-order valence-corrected chi connectivity index (χ0v) is 9.25. The van der Waals surface area contributed by atoms with E-state index in [9.17, 15) is 8.78 Å². The van der Waals surface area contributed by atoms with Gasteiger partial charge >= 0.3 is 0 Å². The van der Waals surface area contributed by atoms with Gasteiger partial charge in [0, 0.05) is 30.7 Å². The molecule has 0 aromatic carbocycles.